The molecule has 0 bridgehead atoms. The number of nitrogens with one attached hydrogen (secondary N) is 2. The van der Waals surface area contributed by atoms with Crippen LogP contribution in [0.1, 0.15) is 17.2 Å². The van der Waals surface area contributed by atoms with Gasteiger partial charge in [0.15, 0.2) is 11.5 Å². The summed E-state index contributed by atoms with van der Waals surface area (Å²) < 4.78 is 27.5. The number of benzene rings is 3. The van der Waals surface area contributed by atoms with Crippen LogP contribution in [-0.2, 0) is 4.74 Å². The van der Waals surface area contributed by atoms with Crippen molar-refractivity contribution in [3.05, 3.63) is 84.1 Å². The van der Waals surface area contributed by atoms with Crippen LogP contribution in [0.5, 0.6) is 23.0 Å². The zero-order valence-corrected chi connectivity index (χ0v) is 22.8. The first-order valence-corrected chi connectivity index (χ1v) is 13.0. The Morgan fingerprint density at radius 2 is 1.44 bits per heavy atom. The number of H-pyrrole nitrogens is 1. The fourth-order valence-corrected chi connectivity index (χ4v) is 4.89. The van der Waals surface area contributed by atoms with Crippen LogP contribution in [0.2, 0.25) is 0 Å². The first kappa shape index (κ1) is 26.3. The lowest BCUT2D eigenvalue weighted by Crippen LogP contribution is -2.36. The first-order chi connectivity index (χ1) is 19.1. The van der Waals surface area contributed by atoms with Crippen LogP contribution >= 0.6 is 0 Å². The van der Waals surface area contributed by atoms with Crippen LogP contribution in [0.4, 0.5) is 11.4 Å². The second-order valence-electron chi connectivity index (χ2n) is 9.26. The van der Waals surface area contributed by atoms with Gasteiger partial charge in [0.05, 0.1) is 47.7 Å². The third kappa shape index (κ3) is 5.76. The predicted octanol–water partition coefficient (Wildman–Crippen LogP) is 5.75. The van der Waals surface area contributed by atoms with E-state index in [9.17, 15) is 0 Å². The van der Waals surface area contributed by atoms with E-state index in [1.165, 1.54) is 5.69 Å². The van der Waals surface area contributed by atoms with Gasteiger partial charge in [-0.1, -0.05) is 12.1 Å². The molecule has 0 spiro atoms. The summed E-state index contributed by atoms with van der Waals surface area (Å²) >= 11 is 0. The molecule has 8 heteroatoms. The summed E-state index contributed by atoms with van der Waals surface area (Å²) in [5, 5.41) is 3.73. The number of morpholine rings is 1. The summed E-state index contributed by atoms with van der Waals surface area (Å²) in [5.74, 6) is 2.59. The topological polar surface area (TPSA) is 77.2 Å². The van der Waals surface area contributed by atoms with Gasteiger partial charge < -0.3 is 38.9 Å². The highest BCUT2D eigenvalue weighted by atomic mass is 16.5. The lowest BCUT2D eigenvalue weighted by Gasteiger charge is -2.29. The number of nitrogens with zero attached hydrogens (tertiary/aromatic N) is 1. The van der Waals surface area contributed by atoms with Crippen LogP contribution in [0.15, 0.2) is 72.9 Å². The number of methoxy groups -OCH3 is 4. The standard InChI is InChI=1S/C31H35N3O5/c1-35-26-11-5-21(6-12-26)30(33-24-7-9-25(10-8-24)34-13-15-39-16-14-34)23-17-27(32-20-23)22-18-28(36-2)31(38-4)29(19-22)37-3/h5-12,17-20,30,32-33H,13-16H2,1-4H3. The minimum absolute atomic E-state index is 0.0998. The summed E-state index contributed by atoms with van der Waals surface area (Å²) in [6.45, 7) is 3.35. The predicted molar refractivity (Wildman–Crippen MR) is 154 cm³/mol. The molecule has 39 heavy (non-hydrogen) atoms. The average molecular weight is 530 g/mol. The van der Waals surface area contributed by atoms with Crippen molar-refractivity contribution in [3.8, 4) is 34.3 Å². The summed E-state index contributed by atoms with van der Waals surface area (Å²) in [5.41, 5.74) is 6.30. The number of aromatic amines is 1. The first-order valence-electron chi connectivity index (χ1n) is 13.0. The third-order valence-corrected chi connectivity index (χ3v) is 7.02. The van der Waals surface area contributed by atoms with Crippen LogP contribution in [0.3, 0.4) is 0 Å². The molecule has 1 aliphatic heterocycles. The molecule has 0 saturated carbocycles. The number of ether oxygens (including phenoxy) is 5. The van der Waals surface area contributed by atoms with Crippen molar-refractivity contribution in [1.29, 1.82) is 0 Å². The number of rotatable bonds is 10. The molecule has 5 rings (SSSR count). The Balaban J connectivity index is 1.46. The second-order valence-corrected chi connectivity index (χ2v) is 9.26. The minimum atomic E-state index is -0.0998. The number of aromatic nitrogens is 1. The Bertz CT molecular complexity index is 1340. The largest absolute Gasteiger partial charge is 0.497 e. The van der Waals surface area contributed by atoms with E-state index in [4.69, 9.17) is 23.7 Å². The summed E-state index contributed by atoms with van der Waals surface area (Å²) in [4.78, 5) is 5.79. The molecule has 1 fully saturated rings. The fraction of sp³-hybridized carbons (Fsp3) is 0.290. The van der Waals surface area contributed by atoms with E-state index in [1.807, 2.05) is 30.5 Å². The van der Waals surface area contributed by atoms with E-state index in [-0.39, 0.29) is 6.04 Å². The van der Waals surface area contributed by atoms with Gasteiger partial charge in [-0.25, -0.2) is 0 Å². The van der Waals surface area contributed by atoms with E-state index < -0.39 is 0 Å². The molecular weight excluding hydrogens is 494 g/mol. The lowest BCUT2D eigenvalue weighted by atomic mass is 9.99. The maximum absolute atomic E-state index is 5.57. The Labute approximate surface area is 229 Å². The van der Waals surface area contributed by atoms with Gasteiger partial charge in [0.2, 0.25) is 5.75 Å². The van der Waals surface area contributed by atoms with E-state index >= 15 is 0 Å². The van der Waals surface area contributed by atoms with Crippen molar-refractivity contribution >= 4 is 11.4 Å². The van der Waals surface area contributed by atoms with Crippen molar-refractivity contribution in [3.63, 3.8) is 0 Å². The molecule has 8 nitrogen and oxygen atoms in total. The number of anilines is 2. The van der Waals surface area contributed by atoms with Gasteiger partial charge >= 0.3 is 0 Å². The van der Waals surface area contributed by atoms with Crippen molar-refractivity contribution in [2.45, 2.75) is 6.04 Å². The molecular formula is C31H35N3O5. The second kappa shape index (κ2) is 12.0. The van der Waals surface area contributed by atoms with Gasteiger partial charge in [-0.2, -0.15) is 0 Å². The minimum Gasteiger partial charge on any atom is -0.497 e. The van der Waals surface area contributed by atoms with E-state index in [1.54, 1.807) is 28.4 Å². The summed E-state index contributed by atoms with van der Waals surface area (Å²) in [7, 11) is 6.52. The third-order valence-electron chi connectivity index (χ3n) is 7.02. The molecule has 0 amide bonds. The highest BCUT2D eigenvalue weighted by molar-refractivity contribution is 5.70. The zero-order chi connectivity index (χ0) is 27.2. The van der Waals surface area contributed by atoms with E-state index in [0.717, 1.165) is 60.1 Å². The average Bonchev–Trinajstić information content (AvgIpc) is 3.50. The SMILES string of the molecule is COc1ccc(C(Nc2ccc(N3CCOCC3)cc2)c2c[nH]c(-c3cc(OC)c(OC)c(OC)c3)c2)cc1. The molecule has 1 atom stereocenters. The summed E-state index contributed by atoms with van der Waals surface area (Å²) in [6, 6.07) is 22.7. The molecule has 2 heterocycles. The van der Waals surface area contributed by atoms with E-state index in [2.05, 4.69) is 57.7 Å². The molecule has 4 aromatic rings. The smallest absolute Gasteiger partial charge is 0.203 e. The highest BCUT2D eigenvalue weighted by Gasteiger charge is 2.20. The van der Waals surface area contributed by atoms with Gasteiger partial charge in [0.1, 0.15) is 5.75 Å². The normalized spacial score (nSPS) is 14.0. The van der Waals surface area contributed by atoms with Crippen molar-refractivity contribution in [2.24, 2.45) is 0 Å². The monoisotopic (exact) mass is 529 g/mol. The van der Waals surface area contributed by atoms with Gasteiger partial charge in [-0.05, 0) is 65.7 Å². The zero-order valence-electron chi connectivity index (χ0n) is 22.8. The highest BCUT2D eigenvalue weighted by Crippen LogP contribution is 2.41. The van der Waals surface area contributed by atoms with Gasteiger partial charge in [0.25, 0.3) is 0 Å². The quantitative estimate of drug-likeness (QED) is 0.271. The molecule has 0 aliphatic carbocycles. The summed E-state index contributed by atoms with van der Waals surface area (Å²) in [6.07, 6.45) is 2.03. The van der Waals surface area contributed by atoms with Crippen molar-refractivity contribution in [1.82, 2.24) is 4.98 Å². The Morgan fingerprint density at radius 3 is 2.03 bits per heavy atom. The molecule has 1 saturated heterocycles. The van der Waals surface area contributed by atoms with Gasteiger partial charge in [-0.3, -0.25) is 0 Å². The molecule has 0 radical (unpaired) electrons. The molecule has 3 aromatic carbocycles. The molecule has 1 unspecified atom stereocenters. The Morgan fingerprint density at radius 1 is 0.769 bits per heavy atom. The van der Waals surface area contributed by atoms with E-state index in [0.29, 0.717) is 17.2 Å². The van der Waals surface area contributed by atoms with Crippen LogP contribution in [0, 0.1) is 0 Å². The van der Waals surface area contributed by atoms with Gasteiger partial charge in [0, 0.05) is 41.9 Å². The van der Waals surface area contributed by atoms with Crippen LogP contribution in [-0.4, -0.2) is 59.7 Å². The number of hydrogen-bond acceptors (Lipinski definition) is 7. The van der Waals surface area contributed by atoms with Gasteiger partial charge in [-0.15, -0.1) is 0 Å². The molecule has 2 N–H and O–H groups in total. The Kier molecular flexibility index (Phi) is 8.13. The maximum Gasteiger partial charge on any atom is 0.203 e. The maximum atomic E-state index is 5.57. The van der Waals surface area contributed by atoms with Crippen LogP contribution in [0.25, 0.3) is 11.3 Å². The number of hydrogen-bond donors (Lipinski definition) is 2. The fourth-order valence-electron chi connectivity index (χ4n) is 4.89. The molecule has 1 aliphatic rings. The van der Waals surface area contributed by atoms with Crippen molar-refractivity contribution < 1.29 is 23.7 Å². The molecule has 1 aromatic heterocycles. The molecule has 204 valence electrons. The lowest BCUT2D eigenvalue weighted by molar-refractivity contribution is 0.122. The van der Waals surface area contributed by atoms with Crippen LogP contribution < -0.4 is 29.2 Å². The van der Waals surface area contributed by atoms with Crippen molar-refractivity contribution in [2.75, 3.05) is 65.0 Å². The Hall–Kier alpha value is -4.30.